The molecule has 2 N–H and O–H groups in total. The number of nitrogens with zero attached hydrogens (tertiary/aromatic N) is 1. The summed E-state index contributed by atoms with van der Waals surface area (Å²) >= 11 is 0. The van der Waals surface area contributed by atoms with E-state index >= 15 is 0 Å². The van der Waals surface area contributed by atoms with Crippen molar-refractivity contribution in [2.75, 3.05) is 6.61 Å². The van der Waals surface area contributed by atoms with Gasteiger partial charge >= 0.3 is 0 Å². The lowest BCUT2D eigenvalue weighted by atomic mass is 10.1. The molecule has 2 atom stereocenters. The highest BCUT2D eigenvalue weighted by Crippen LogP contribution is 2.25. The fourth-order valence-corrected chi connectivity index (χ4v) is 1.90. The maximum absolute atomic E-state index is 12.0. The van der Waals surface area contributed by atoms with Gasteiger partial charge in [0, 0.05) is 0 Å². The zero-order valence-electron chi connectivity index (χ0n) is 9.33. The van der Waals surface area contributed by atoms with Gasteiger partial charge in [-0.1, -0.05) is 12.1 Å². The molecule has 90 valence electrons. The molecule has 0 bridgehead atoms. The summed E-state index contributed by atoms with van der Waals surface area (Å²) in [5, 5.41) is 18.4. The van der Waals surface area contributed by atoms with E-state index in [0.29, 0.717) is 11.1 Å². The van der Waals surface area contributed by atoms with Gasteiger partial charge < -0.3 is 10.2 Å². The summed E-state index contributed by atoms with van der Waals surface area (Å²) in [4.78, 5) is 25.0. The van der Waals surface area contributed by atoms with Crippen molar-refractivity contribution in [3.05, 3.63) is 35.4 Å². The largest absolute Gasteiger partial charge is 0.394 e. The third-order valence-corrected chi connectivity index (χ3v) is 2.98. The molecule has 0 aromatic heterocycles. The van der Waals surface area contributed by atoms with Gasteiger partial charge in [-0.2, -0.15) is 0 Å². The zero-order valence-corrected chi connectivity index (χ0v) is 9.33. The molecule has 1 aromatic carbocycles. The topological polar surface area (TPSA) is 77.8 Å². The summed E-state index contributed by atoms with van der Waals surface area (Å²) in [6, 6.07) is 5.77. The molecular weight excluding hydrogens is 222 g/mol. The SMILES string of the molecule is C[C@H]([C@H](O)CO)N1C(=O)c2ccccc2C1=O. The number of benzene rings is 1. The minimum Gasteiger partial charge on any atom is -0.394 e. The van der Waals surface area contributed by atoms with Crippen molar-refractivity contribution in [3.8, 4) is 0 Å². The van der Waals surface area contributed by atoms with Crippen LogP contribution in [0.5, 0.6) is 0 Å². The van der Waals surface area contributed by atoms with E-state index in [1.807, 2.05) is 0 Å². The van der Waals surface area contributed by atoms with E-state index in [1.54, 1.807) is 24.3 Å². The van der Waals surface area contributed by atoms with Crippen LogP contribution in [-0.2, 0) is 0 Å². The highest BCUT2D eigenvalue weighted by Gasteiger charge is 2.40. The van der Waals surface area contributed by atoms with Gasteiger partial charge in [-0.05, 0) is 19.1 Å². The summed E-state index contributed by atoms with van der Waals surface area (Å²) in [7, 11) is 0. The van der Waals surface area contributed by atoms with E-state index in [4.69, 9.17) is 5.11 Å². The summed E-state index contributed by atoms with van der Waals surface area (Å²) in [6.07, 6.45) is -1.13. The van der Waals surface area contributed by atoms with E-state index in [-0.39, 0.29) is 0 Å². The number of rotatable bonds is 3. The number of hydrogen-bond acceptors (Lipinski definition) is 4. The first kappa shape index (κ1) is 11.8. The molecule has 0 unspecified atom stereocenters. The number of aliphatic hydroxyl groups excluding tert-OH is 2. The predicted octanol–water partition coefficient (Wildman–Crippen LogP) is 0.0243. The molecule has 0 radical (unpaired) electrons. The van der Waals surface area contributed by atoms with Crippen LogP contribution >= 0.6 is 0 Å². The van der Waals surface area contributed by atoms with E-state index < -0.39 is 30.6 Å². The van der Waals surface area contributed by atoms with Gasteiger partial charge in [-0.15, -0.1) is 0 Å². The number of amides is 2. The van der Waals surface area contributed by atoms with E-state index in [2.05, 4.69) is 0 Å². The Balaban J connectivity index is 2.36. The van der Waals surface area contributed by atoms with Crippen LogP contribution in [0.25, 0.3) is 0 Å². The minimum atomic E-state index is -1.13. The maximum Gasteiger partial charge on any atom is 0.261 e. The second-order valence-corrected chi connectivity index (χ2v) is 4.02. The lowest BCUT2D eigenvalue weighted by Crippen LogP contribution is -2.46. The summed E-state index contributed by atoms with van der Waals surface area (Å²) in [6.45, 7) is 1.04. The van der Waals surface area contributed by atoms with Gasteiger partial charge in [-0.3, -0.25) is 14.5 Å². The smallest absolute Gasteiger partial charge is 0.261 e. The van der Waals surface area contributed by atoms with Gasteiger partial charge in [-0.25, -0.2) is 0 Å². The zero-order chi connectivity index (χ0) is 12.6. The van der Waals surface area contributed by atoms with Crippen molar-refractivity contribution in [2.45, 2.75) is 19.1 Å². The molecule has 1 aliphatic heterocycles. The van der Waals surface area contributed by atoms with Crippen LogP contribution < -0.4 is 0 Å². The van der Waals surface area contributed by atoms with Crippen molar-refractivity contribution >= 4 is 11.8 Å². The van der Waals surface area contributed by atoms with Crippen molar-refractivity contribution in [2.24, 2.45) is 0 Å². The molecule has 0 saturated heterocycles. The fourth-order valence-electron chi connectivity index (χ4n) is 1.90. The van der Waals surface area contributed by atoms with Crippen molar-refractivity contribution in [1.29, 1.82) is 0 Å². The maximum atomic E-state index is 12.0. The van der Waals surface area contributed by atoms with Crippen LogP contribution in [0.2, 0.25) is 0 Å². The number of hydrogen-bond donors (Lipinski definition) is 2. The number of fused-ring (bicyclic) bond motifs is 1. The Hall–Kier alpha value is -1.72. The van der Waals surface area contributed by atoms with Crippen LogP contribution in [0.3, 0.4) is 0 Å². The first-order valence-corrected chi connectivity index (χ1v) is 5.33. The third-order valence-electron chi connectivity index (χ3n) is 2.98. The van der Waals surface area contributed by atoms with Crippen LogP contribution in [-0.4, -0.2) is 45.7 Å². The Morgan fingerprint density at radius 2 is 1.65 bits per heavy atom. The second-order valence-electron chi connectivity index (χ2n) is 4.02. The quantitative estimate of drug-likeness (QED) is 0.724. The highest BCUT2D eigenvalue weighted by molar-refractivity contribution is 6.21. The van der Waals surface area contributed by atoms with Gasteiger partial charge in [0.25, 0.3) is 11.8 Å². The first-order valence-electron chi connectivity index (χ1n) is 5.33. The highest BCUT2D eigenvalue weighted by atomic mass is 16.3. The molecule has 1 aromatic rings. The number of carbonyl (C=O) groups is 2. The Morgan fingerprint density at radius 1 is 1.18 bits per heavy atom. The van der Waals surface area contributed by atoms with Crippen molar-refractivity contribution < 1.29 is 19.8 Å². The average Bonchev–Trinajstić information content (AvgIpc) is 2.61. The van der Waals surface area contributed by atoms with Crippen molar-refractivity contribution in [3.63, 3.8) is 0 Å². The van der Waals surface area contributed by atoms with Gasteiger partial charge in [0.05, 0.1) is 29.9 Å². The molecule has 2 rings (SSSR count). The third kappa shape index (κ3) is 1.73. The lowest BCUT2D eigenvalue weighted by molar-refractivity contribution is 0.0195. The monoisotopic (exact) mass is 235 g/mol. The molecule has 0 saturated carbocycles. The van der Waals surface area contributed by atoms with Crippen LogP contribution in [0.4, 0.5) is 0 Å². The number of imide groups is 1. The Kier molecular flexibility index (Phi) is 2.95. The lowest BCUT2D eigenvalue weighted by Gasteiger charge is -2.25. The standard InChI is InChI=1S/C12H13NO4/c1-7(10(15)6-14)13-11(16)8-4-2-3-5-9(8)12(13)17/h2-5,7,10,14-15H,6H2,1H3/t7-,10-/m1/s1. The van der Waals surface area contributed by atoms with Crippen LogP contribution in [0.1, 0.15) is 27.6 Å². The Morgan fingerprint density at radius 3 is 2.06 bits per heavy atom. The van der Waals surface area contributed by atoms with Gasteiger partial charge in [0.1, 0.15) is 0 Å². The van der Waals surface area contributed by atoms with Gasteiger partial charge in [0.2, 0.25) is 0 Å². The number of carbonyl (C=O) groups excluding carboxylic acids is 2. The normalized spacial score (nSPS) is 18.2. The molecular formula is C12H13NO4. The van der Waals surface area contributed by atoms with Crippen molar-refractivity contribution in [1.82, 2.24) is 4.90 Å². The van der Waals surface area contributed by atoms with E-state index in [9.17, 15) is 14.7 Å². The second kappa shape index (κ2) is 4.27. The van der Waals surface area contributed by atoms with Crippen LogP contribution in [0.15, 0.2) is 24.3 Å². The Bertz CT molecular complexity index is 436. The van der Waals surface area contributed by atoms with Gasteiger partial charge in [0.15, 0.2) is 0 Å². The molecule has 0 spiro atoms. The first-order chi connectivity index (χ1) is 8.07. The summed E-state index contributed by atoms with van der Waals surface area (Å²) in [5.41, 5.74) is 0.684. The molecule has 17 heavy (non-hydrogen) atoms. The van der Waals surface area contributed by atoms with Crippen LogP contribution in [0, 0.1) is 0 Å². The average molecular weight is 235 g/mol. The van der Waals surface area contributed by atoms with E-state index in [0.717, 1.165) is 4.90 Å². The fraction of sp³-hybridized carbons (Fsp3) is 0.333. The summed E-state index contributed by atoms with van der Waals surface area (Å²) < 4.78 is 0. The summed E-state index contributed by atoms with van der Waals surface area (Å²) in [5.74, 6) is -0.851. The minimum absolute atomic E-state index is 0.342. The molecule has 5 nitrogen and oxygen atoms in total. The molecule has 0 aliphatic carbocycles. The molecule has 5 heteroatoms. The Labute approximate surface area is 98.3 Å². The number of aliphatic hydroxyl groups is 2. The molecule has 1 aliphatic rings. The predicted molar refractivity (Wildman–Crippen MR) is 59.5 cm³/mol. The van der Waals surface area contributed by atoms with E-state index in [1.165, 1.54) is 6.92 Å². The molecule has 1 heterocycles. The molecule has 0 fully saturated rings. The molecule has 2 amide bonds.